The largest absolute Gasteiger partial charge is 0.459 e. The molecular weight excluding hydrogens is 444 g/mol. The van der Waals surface area contributed by atoms with Crippen LogP contribution < -0.4 is 0 Å². The van der Waals surface area contributed by atoms with Gasteiger partial charge in [0.15, 0.2) is 5.79 Å². The van der Waals surface area contributed by atoms with E-state index >= 15 is 0 Å². The maximum absolute atomic E-state index is 13.2. The molecule has 2 aliphatic heterocycles. The van der Waals surface area contributed by atoms with Crippen molar-refractivity contribution in [2.45, 2.75) is 83.8 Å². The van der Waals surface area contributed by atoms with Crippen molar-refractivity contribution in [3.05, 3.63) is 11.6 Å². The van der Waals surface area contributed by atoms with E-state index in [2.05, 4.69) is 0 Å². The van der Waals surface area contributed by atoms with Crippen LogP contribution in [-0.2, 0) is 23.8 Å². The molecule has 190 valence electrons. The van der Waals surface area contributed by atoms with Crippen LogP contribution >= 0.6 is 0 Å². The van der Waals surface area contributed by atoms with Gasteiger partial charge in [-0.05, 0) is 31.6 Å². The lowest BCUT2D eigenvalue weighted by Gasteiger charge is -2.68. The van der Waals surface area contributed by atoms with Crippen LogP contribution in [-0.4, -0.2) is 75.3 Å². The van der Waals surface area contributed by atoms with E-state index in [0.717, 1.165) is 5.57 Å². The van der Waals surface area contributed by atoms with E-state index in [1.165, 1.54) is 0 Å². The van der Waals surface area contributed by atoms with Crippen molar-refractivity contribution >= 4 is 11.9 Å². The Bertz CT molecular complexity index is 933. The molecule has 1 unspecified atom stereocenters. The summed E-state index contributed by atoms with van der Waals surface area (Å²) in [5, 5.41) is 45.2. The van der Waals surface area contributed by atoms with Crippen LogP contribution in [0.25, 0.3) is 0 Å². The first-order valence-corrected chi connectivity index (χ1v) is 12.3. The molecule has 4 N–H and O–H groups in total. The molecule has 1 spiro atoms. The highest BCUT2D eigenvalue weighted by Gasteiger charge is 2.83. The van der Waals surface area contributed by atoms with Gasteiger partial charge in [-0.25, -0.2) is 4.79 Å². The van der Waals surface area contributed by atoms with E-state index < -0.39 is 82.7 Å². The third kappa shape index (κ3) is 2.68. The lowest BCUT2D eigenvalue weighted by molar-refractivity contribution is -0.345. The fraction of sp³-hybridized carbons (Fsp3) is 0.840. The summed E-state index contributed by atoms with van der Waals surface area (Å²) in [6, 6.07) is 0. The molecule has 2 heterocycles. The summed E-state index contributed by atoms with van der Waals surface area (Å²) in [6.45, 7) is 8.92. The number of rotatable bonds is 3. The zero-order valence-electron chi connectivity index (χ0n) is 20.3. The van der Waals surface area contributed by atoms with Gasteiger partial charge in [0, 0.05) is 22.7 Å². The summed E-state index contributed by atoms with van der Waals surface area (Å²) in [6.07, 6.45) is -3.22. The Morgan fingerprint density at radius 2 is 1.97 bits per heavy atom. The van der Waals surface area contributed by atoms with Gasteiger partial charge in [0.05, 0.1) is 24.7 Å². The number of hydrogen-bond donors (Lipinski definition) is 4. The maximum atomic E-state index is 13.2. The molecule has 2 saturated heterocycles. The van der Waals surface area contributed by atoms with Gasteiger partial charge >= 0.3 is 11.9 Å². The summed E-state index contributed by atoms with van der Waals surface area (Å²) < 4.78 is 17.7. The van der Waals surface area contributed by atoms with Crippen LogP contribution in [0, 0.1) is 40.4 Å². The molecule has 34 heavy (non-hydrogen) atoms. The number of fused-ring (bicyclic) bond motifs is 1. The van der Waals surface area contributed by atoms with E-state index in [0.29, 0.717) is 12.8 Å². The maximum Gasteiger partial charge on any atom is 0.348 e. The second kappa shape index (κ2) is 7.49. The molecule has 0 radical (unpaired) electrons. The van der Waals surface area contributed by atoms with Crippen molar-refractivity contribution in [3.63, 3.8) is 0 Å². The number of hydrogen-bond acceptors (Lipinski definition) is 9. The van der Waals surface area contributed by atoms with E-state index in [-0.39, 0.29) is 12.5 Å². The molecule has 0 amide bonds. The summed E-state index contributed by atoms with van der Waals surface area (Å²) in [4.78, 5) is 26.0. The van der Waals surface area contributed by atoms with Crippen molar-refractivity contribution < 1.29 is 44.2 Å². The number of esters is 2. The standard InChI is InChI=1S/C25H36O9/c1-6-10(2)20(29)34-17-16-12(4)18(27)25(31)22-23(5)13(11(3)7-14(26)19(23)28)8-15(33-21(17)30)24(16,22)9-32-25/h7,10,12-19,22,26-28,31H,6,8-9H2,1-5H3/t10?,12-,13+,14+,15-,16-,17-,18-,19-,22-,23-,24-,25-/m1/s1. The number of ether oxygens (including phenoxy) is 3. The smallest absolute Gasteiger partial charge is 0.348 e. The van der Waals surface area contributed by atoms with Gasteiger partial charge in [-0.15, -0.1) is 0 Å². The highest BCUT2D eigenvalue weighted by atomic mass is 16.7. The summed E-state index contributed by atoms with van der Waals surface area (Å²) in [5.41, 5.74) is -1.27. The number of carbonyl (C=O) groups is 2. The van der Waals surface area contributed by atoms with Gasteiger partial charge < -0.3 is 34.6 Å². The summed E-state index contributed by atoms with van der Waals surface area (Å²) >= 11 is 0. The van der Waals surface area contributed by atoms with Gasteiger partial charge in [0.1, 0.15) is 12.2 Å². The predicted molar refractivity (Wildman–Crippen MR) is 117 cm³/mol. The number of aliphatic hydroxyl groups is 4. The molecule has 9 nitrogen and oxygen atoms in total. The van der Waals surface area contributed by atoms with E-state index in [1.807, 2.05) is 13.8 Å². The molecule has 13 atom stereocenters. The fourth-order valence-corrected chi connectivity index (χ4v) is 8.30. The molecule has 0 aromatic carbocycles. The second-order valence-electron chi connectivity index (χ2n) is 11.5. The van der Waals surface area contributed by atoms with Crippen molar-refractivity contribution in [1.82, 2.24) is 0 Å². The molecule has 4 fully saturated rings. The molecule has 3 aliphatic carbocycles. The van der Waals surface area contributed by atoms with Crippen molar-refractivity contribution in [2.75, 3.05) is 6.61 Å². The Morgan fingerprint density at radius 3 is 2.62 bits per heavy atom. The van der Waals surface area contributed by atoms with Crippen LogP contribution in [0.4, 0.5) is 0 Å². The predicted octanol–water partition coefficient (Wildman–Crippen LogP) is 0.526. The summed E-state index contributed by atoms with van der Waals surface area (Å²) in [5.74, 6) is -6.17. The Balaban J connectivity index is 1.69. The monoisotopic (exact) mass is 480 g/mol. The fourth-order valence-electron chi connectivity index (χ4n) is 8.30. The number of carbonyl (C=O) groups excluding carboxylic acids is 2. The lowest BCUT2D eigenvalue weighted by Crippen LogP contribution is -2.78. The molecule has 2 saturated carbocycles. The van der Waals surface area contributed by atoms with Gasteiger partial charge in [-0.1, -0.05) is 39.3 Å². The van der Waals surface area contributed by atoms with Gasteiger partial charge in [-0.2, -0.15) is 0 Å². The Kier molecular flexibility index (Phi) is 5.33. The minimum atomic E-state index is -2.02. The zero-order valence-corrected chi connectivity index (χ0v) is 20.3. The quantitative estimate of drug-likeness (QED) is 0.336. The topological polar surface area (TPSA) is 143 Å². The van der Waals surface area contributed by atoms with Gasteiger partial charge in [0.25, 0.3) is 0 Å². The second-order valence-corrected chi connectivity index (χ2v) is 11.5. The first-order valence-electron chi connectivity index (χ1n) is 12.3. The Morgan fingerprint density at radius 1 is 1.29 bits per heavy atom. The SMILES string of the molecule is CCC(C)C(=O)O[C@H]1C(=O)O[C@@H]2C[C@H]3C(C)=C[C@H](O)[C@@H](O)[C@]3(C)[C@H]3[C@]4(O)OC[C@@]32[C@@H]1[C@@H](C)[C@H]4O. The highest BCUT2D eigenvalue weighted by Crippen LogP contribution is 2.74. The molecular formula is C25H36O9. The minimum absolute atomic E-state index is 0.0244. The molecule has 9 heteroatoms. The molecule has 0 aromatic rings. The molecule has 2 bridgehead atoms. The Hall–Kier alpha value is -1.52. The summed E-state index contributed by atoms with van der Waals surface area (Å²) in [7, 11) is 0. The van der Waals surface area contributed by atoms with Gasteiger partial charge in [0.2, 0.25) is 6.10 Å². The molecule has 0 aromatic heterocycles. The lowest BCUT2D eigenvalue weighted by atomic mass is 9.38. The van der Waals surface area contributed by atoms with E-state index in [1.54, 1.807) is 26.8 Å². The van der Waals surface area contributed by atoms with Gasteiger partial charge in [-0.3, -0.25) is 4.79 Å². The van der Waals surface area contributed by atoms with Crippen LogP contribution in [0.5, 0.6) is 0 Å². The van der Waals surface area contributed by atoms with Crippen LogP contribution in [0.3, 0.4) is 0 Å². The zero-order chi connectivity index (χ0) is 25.0. The first kappa shape index (κ1) is 24.2. The van der Waals surface area contributed by atoms with Crippen molar-refractivity contribution in [3.8, 4) is 0 Å². The first-order chi connectivity index (χ1) is 15.8. The van der Waals surface area contributed by atoms with E-state index in [4.69, 9.17) is 14.2 Å². The number of allylic oxidation sites excluding steroid dienone is 1. The Labute approximate surface area is 199 Å². The van der Waals surface area contributed by atoms with Crippen LogP contribution in [0.15, 0.2) is 11.6 Å². The molecule has 5 aliphatic rings. The average Bonchev–Trinajstić information content (AvgIpc) is 3.08. The number of aliphatic hydroxyl groups excluding tert-OH is 3. The molecule has 5 rings (SSSR count). The average molecular weight is 481 g/mol. The van der Waals surface area contributed by atoms with Crippen LogP contribution in [0.2, 0.25) is 0 Å². The third-order valence-corrected chi connectivity index (χ3v) is 10.1. The van der Waals surface area contributed by atoms with Crippen molar-refractivity contribution in [2.24, 2.45) is 40.4 Å². The van der Waals surface area contributed by atoms with Crippen LogP contribution in [0.1, 0.15) is 47.5 Å². The normalized spacial score (nSPS) is 54.3. The third-order valence-electron chi connectivity index (χ3n) is 10.1. The minimum Gasteiger partial charge on any atom is -0.459 e. The highest BCUT2D eigenvalue weighted by molar-refractivity contribution is 5.82. The van der Waals surface area contributed by atoms with E-state index in [9.17, 15) is 30.0 Å². The van der Waals surface area contributed by atoms with Crippen molar-refractivity contribution in [1.29, 1.82) is 0 Å².